The van der Waals surface area contributed by atoms with Crippen molar-refractivity contribution in [2.75, 3.05) is 0 Å². The highest BCUT2D eigenvalue weighted by molar-refractivity contribution is 5.25. The van der Waals surface area contributed by atoms with E-state index in [4.69, 9.17) is 0 Å². The zero-order valence-corrected chi connectivity index (χ0v) is 12.9. The lowest BCUT2D eigenvalue weighted by atomic mass is 9.54. The van der Waals surface area contributed by atoms with Crippen LogP contribution in [0.2, 0.25) is 0 Å². The van der Waals surface area contributed by atoms with Crippen LogP contribution in [-0.2, 0) is 0 Å². The Morgan fingerprint density at radius 2 is 1.57 bits per heavy atom. The summed E-state index contributed by atoms with van der Waals surface area (Å²) in [5, 5.41) is 0. The largest absolute Gasteiger partial charge is 0.432 e. The van der Waals surface area contributed by atoms with Crippen LogP contribution in [0.25, 0.3) is 0 Å². The second kappa shape index (κ2) is 5.64. The number of halogens is 5. The Morgan fingerprint density at radius 1 is 1.04 bits per heavy atom. The highest BCUT2D eigenvalue weighted by Crippen LogP contribution is 2.59. The minimum absolute atomic E-state index is 0.0245. The summed E-state index contributed by atoms with van der Waals surface area (Å²) in [5.74, 6) is -5.79. The van der Waals surface area contributed by atoms with Crippen molar-refractivity contribution in [1.82, 2.24) is 0 Å². The molecule has 2 saturated carbocycles. The molecule has 6 heteroatoms. The van der Waals surface area contributed by atoms with Gasteiger partial charge < -0.3 is 4.74 Å². The molecular weight excluding hydrogens is 315 g/mol. The number of rotatable bonds is 3. The summed E-state index contributed by atoms with van der Waals surface area (Å²) >= 11 is 0. The molecule has 1 aromatic rings. The van der Waals surface area contributed by atoms with E-state index in [1.54, 1.807) is 0 Å². The maximum atomic E-state index is 14.2. The third kappa shape index (κ3) is 3.17. The number of alkyl halides is 2. The van der Waals surface area contributed by atoms with Crippen molar-refractivity contribution in [3.8, 4) is 5.75 Å². The summed E-state index contributed by atoms with van der Waals surface area (Å²) in [5.41, 5.74) is -0.0245. The van der Waals surface area contributed by atoms with Crippen LogP contribution in [-0.4, -0.2) is 6.11 Å². The minimum atomic E-state index is -3.51. The normalized spacial score (nSPS) is 31.0. The van der Waals surface area contributed by atoms with E-state index < -0.39 is 35.2 Å². The number of hydrogen-bond donors (Lipinski definition) is 0. The molecule has 0 atom stereocenters. The first-order valence-electron chi connectivity index (χ1n) is 7.92. The monoisotopic (exact) mass is 334 g/mol. The van der Waals surface area contributed by atoms with Gasteiger partial charge in [-0.3, -0.25) is 0 Å². The highest BCUT2D eigenvalue weighted by atomic mass is 19.3. The third-order valence-corrected chi connectivity index (χ3v) is 5.38. The average Bonchev–Trinajstić information content (AvgIpc) is 2.43. The van der Waals surface area contributed by atoms with Crippen molar-refractivity contribution in [2.24, 2.45) is 17.3 Å². The van der Waals surface area contributed by atoms with Gasteiger partial charge >= 0.3 is 6.11 Å². The lowest BCUT2D eigenvalue weighted by Gasteiger charge is -2.52. The van der Waals surface area contributed by atoms with Gasteiger partial charge in [0.25, 0.3) is 0 Å². The molecule has 0 amide bonds. The molecule has 23 heavy (non-hydrogen) atoms. The topological polar surface area (TPSA) is 9.23 Å². The molecule has 1 nitrogen and oxygen atoms in total. The maximum Gasteiger partial charge on any atom is 0.400 e. The summed E-state index contributed by atoms with van der Waals surface area (Å²) in [6, 6.07) is 0.895. The Bertz CT molecular complexity index is 562. The quantitative estimate of drug-likeness (QED) is 0.510. The van der Waals surface area contributed by atoms with Gasteiger partial charge in [-0.2, -0.15) is 8.78 Å². The predicted octanol–water partition coefficient (Wildman–Crippen LogP) is 5.68. The van der Waals surface area contributed by atoms with E-state index in [1.807, 2.05) is 0 Å². The van der Waals surface area contributed by atoms with Crippen LogP contribution in [0.4, 0.5) is 22.0 Å². The second-order valence-corrected chi connectivity index (χ2v) is 7.15. The molecule has 2 aliphatic carbocycles. The molecule has 0 aromatic heterocycles. The van der Waals surface area contributed by atoms with Crippen LogP contribution >= 0.6 is 0 Å². The van der Waals surface area contributed by atoms with Gasteiger partial charge in [-0.15, -0.1) is 0 Å². The van der Waals surface area contributed by atoms with Crippen LogP contribution in [0.1, 0.15) is 45.4 Å². The lowest BCUT2D eigenvalue weighted by molar-refractivity contribution is -0.258. The molecule has 0 aliphatic heterocycles. The SMILES string of the molecule is CC1CCC2(CC1)CC(C(F)(F)Oc1cc(F)c(F)c(F)c1)C2. The number of hydrogen-bond acceptors (Lipinski definition) is 1. The van der Waals surface area contributed by atoms with Crippen molar-refractivity contribution >= 4 is 0 Å². The van der Waals surface area contributed by atoms with Gasteiger partial charge in [0.1, 0.15) is 5.75 Å². The molecule has 0 radical (unpaired) electrons. The Morgan fingerprint density at radius 3 is 2.09 bits per heavy atom. The summed E-state index contributed by atoms with van der Waals surface area (Å²) in [6.07, 6.45) is 1.20. The first kappa shape index (κ1) is 16.5. The van der Waals surface area contributed by atoms with Crippen LogP contribution in [0.15, 0.2) is 12.1 Å². The molecule has 3 rings (SSSR count). The van der Waals surface area contributed by atoms with E-state index in [2.05, 4.69) is 11.7 Å². The number of ether oxygens (including phenoxy) is 1. The average molecular weight is 334 g/mol. The fraction of sp³-hybridized carbons (Fsp3) is 0.647. The highest BCUT2D eigenvalue weighted by Gasteiger charge is 2.56. The third-order valence-electron chi connectivity index (χ3n) is 5.38. The van der Waals surface area contributed by atoms with Gasteiger partial charge in [0.15, 0.2) is 17.5 Å². The van der Waals surface area contributed by atoms with Gasteiger partial charge in [0, 0.05) is 12.1 Å². The van der Waals surface area contributed by atoms with Gasteiger partial charge in [-0.25, -0.2) is 13.2 Å². The first-order valence-corrected chi connectivity index (χ1v) is 7.92. The Hall–Kier alpha value is -1.33. The molecule has 0 unspecified atom stereocenters. The maximum absolute atomic E-state index is 14.2. The molecular formula is C17H19F5O. The lowest BCUT2D eigenvalue weighted by Crippen LogP contribution is -2.50. The van der Waals surface area contributed by atoms with Crippen molar-refractivity contribution in [3.05, 3.63) is 29.6 Å². The molecule has 1 spiro atoms. The van der Waals surface area contributed by atoms with E-state index in [0.717, 1.165) is 25.7 Å². The summed E-state index contributed by atoms with van der Waals surface area (Å²) in [4.78, 5) is 0. The Kier molecular flexibility index (Phi) is 4.05. The van der Waals surface area contributed by atoms with E-state index >= 15 is 0 Å². The van der Waals surface area contributed by atoms with Crippen molar-refractivity contribution in [1.29, 1.82) is 0 Å². The zero-order chi connectivity index (χ0) is 16.8. The van der Waals surface area contributed by atoms with E-state index in [-0.39, 0.29) is 5.41 Å². The molecule has 2 fully saturated rings. The predicted molar refractivity (Wildman–Crippen MR) is 74.7 cm³/mol. The number of benzene rings is 1. The van der Waals surface area contributed by atoms with Gasteiger partial charge in [-0.1, -0.05) is 19.8 Å². The fourth-order valence-corrected chi connectivity index (χ4v) is 3.84. The van der Waals surface area contributed by atoms with Crippen LogP contribution < -0.4 is 4.74 Å². The van der Waals surface area contributed by atoms with E-state index in [9.17, 15) is 22.0 Å². The smallest absolute Gasteiger partial charge is 0.400 e. The molecule has 0 saturated heterocycles. The Labute approximate surface area is 131 Å². The van der Waals surface area contributed by atoms with Crippen LogP contribution in [0.3, 0.4) is 0 Å². The minimum Gasteiger partial charge on any atom is -0.432 e. The summed E-state index contributed by atoms with van der Waals surface area (Å²) < 4.78 is 71.9. The van der Waals surface area contributed by atoms with E-state index in [1.165, 1.54) is 0 Å². The molecule has 0 bridgehead atoms. The summed E-state index contributed by atoms with van der Waals surface area (Å²) in [7, 11) is 0. The zero-order valence-electron chi connectivity index (χ0n) is 12.9. The van der Waals surface area contributed by atoms with Gasteiger partial charge in [0.05, 0.1) is 5.92 Å². The van der Waals surface area contributed by atoms with Gasteiger partial charge in [-0.05, 0) is 37.0 Å². The van der Waals surface area contributed by atoms with Crippen molar-refractivity contribution < 1.29 is 26.7 Å². The van der Waals surface area contributed by atoms with E-state index in [0.29, 0.717) is 30.9 Å². The standard InChI is InChI=1S/C17H19F5O/c1-10-2-4-16(5-3-10)8-11(9-16)17(21,22)23-12-6-13(18)15(20)14(19)7-12/h6-7,10-11H,2-5,8-9H2,1H3. The second-order valence-electron chi connectivity index (χ2n) is 7.15. The van der Waals surface area contributed by atoms with Crippen molar-refractivity contribution in [2.45, 2.75) is 51.6 Å². The molecule has 2 aliphatic rings. The molecule has 0 heterocycles. The molecule has 0 N–H and O–H groups in total. The summed E-state index contributed by atoms with van der Waals surface area (Å²) in [6.45, 7) is 2.17. The molecule has 128 valence electrons. The van der Waals surface area contributed by atoms with Gasteiger partial charge in [0.2, 0.25) is 0 Å². The first-order chi connectivity index (χ1) is 10.7. The Balaban J connectivity index is 1.64. The van der Waals surface area contributed by atoms with Crippen LogP contribution in [0.5, 0.6) is 5.75 Å². The fourth-order valence-electron chi connectivity index (χ4n) is 3.84. The van der Waals surface area contributed by atoms with Crippen LogP contribution in [0, 0.1) is 34.7 Å². The van der Waals surface area contributed by atoms with Crippen molar-refractivity contribution in [3.63, 3.8) is 0 Å². The molecule has 1 aromatic carbocycles.